The Morgan fingerprint density at radius 3 is 2.65 bits per heavy atom. The highest BCUT2D eigenvalue weighted by atomic mass is 19.1. The molecule has 1 aliphatic heterocycles. The number of aromatic nitrogens is 5. The van der Waals surface area contributed by atoms with Crippen molar-refractivity contribution in [1.29, 1.82) is 0 Å². The van der Waals surface area contributed by atoms with Crippen LogP contribution in [-0.2, 0) is 6.54 Å². The van der Waals surface area contributed by atoms with Crippen LogP contribution in [0.25, 0.3) is 22.6 Å². The lowest BCUT2D eigenvalue weighted by Gasteiger charge is -2.13. The molecule has 0 amide bonds. The smallest absolute Gasteiger partial charge is 0.166 e. The van der Waals surface area contributed by atoms with Crippen LogP contribution < -0.4 is 5.73 Å². The number of benzene rings is 1. The number of nitrogen functional groups attached to an aromatic ring is 1. The van der Waals surface area contributed by atoms with Gasteiger partial charge >= 0.3 is 0 Å². The third-order valence-electron chi connectivity index (χ3n) is 5.88. The van der Waals surface area contributed by atoms with Crippen LogP contribution in [0.4, 0.5) is 10.2 Å². The second-order valence-corrected chi connectivity index (χ2v) is 8.23. The predicted molar refractivity (Wildman–Crippen MR) is 118 cm³/mol. The summed E-state index contributed by atoms with van der Waals surface area (Å²) in [4.78, 5) is 19.8. The Bertz CT molecular complexity index is 1250. The minimum absolute atomic E-state index is 0.313. The summed E-state index contributed by atoms with van der Waals surface area (Å²) in [7, 11) is 2.16. The average Bonchev–Trinajstić information content (AvgIpc) is 3.33. The van der Waals surface area contributed by atoms with Gasteiger partial charge < -0.3 is 15.2 Å². The zero-order chi connectivity index (χ0) is 21.5. The molecule has 31 heavy (non-hydrogen) atoms. The SMILES string of the molecule is Cc1nc(N)c2nc(-c3cncc(F)c3)n(Cc3ccc(C4CCN(C)C4)cc3)c2n1. The molecule has 4 heterocycles. The number of likely N-dealkylation sites (tertiary alicyclic amines) is 1. The van der Waals surface area contributed by atoms with Crippen LogP contribution in [-0.4, -0.2) is 49.5 Å². The number of halogens is 1. The van der Waals surface area contributed by atoms with Gasteiger partial charge in [0.15, 0.2) is 17.0 Å². The summed E-state index contributed by atoms with van der Waals surface area (Å²) in [5, 5.41) is 0. The molecule has 1 saturated heterocycles. The van der Waals surface area contributed by atoms with Crippen LogP contribution in [0, 0.1) is 12.7 Å². The van der Waals surface area contributed by atoms with E-state index >= 15 is 0 Å². The molecule has 1 aliphatic rings. The van der Waals surface area contributed by atoms with Gasteiger partial charge in [0.2, 0.25) is 0 Å². The lowest BCUT2D eigenvalue weighted by molar-refractivity contribution is 0.411. The molecule has 0 radical (unpaired) electrons. The molecular weight excluding hydrogens is 393 g/mol. The van der Waals surface area contributed by atoms with Crippen molar-refractivity contribution < 1.29 is 4.39 Å². The van der Waals surface area contributed by atoms with Crippen molar-refractivity contribution in [2.45, 2.75) is 25.8 Å². The fourth-order valence-electron chi connectivity index (χ4n) is 4.32. The van der Waals surface area contributed by atoms with Crippen molar-refractivity contribution in [1.82, 2.24) is 29.4 Å². The van der Waals surface area contributed by atoms with E-state index in [4.69, 9.17) is 5.73 Å². The summed E-state index contributed by atoms with van der Waals surface area (Å²) in [5.41, 5.74) is 10.3. The van der Waals surface area contributed by atoms with Gasteiger partial charge in [-0.1, -0.05) is 24.3 Å². The molecular formula is C23H24FN7. The topological polar surface area (TPSA) is 85.8 Å². The summed E-state index contributed by atoms with van der Waals surface area (Å²) in [6, 6.07) is 10.1. The standard InChI is InChI=1S/C23H24FN7/c1-14-27-21(25)20-23(28-14)31(22(29-20)18-9-19(24)11-26-10-18)12-15-3-5-16(6-4-15)17-7-8-30(2)13-17/h3-6,9-11,17H,7-8,12-13H2,1-2H3,(H2,25,27,28). The third kappa shape index (κ3) is 3.74. The highest BCUT2D eigenvalue weighted by Gasteiger charge is 2.21. The maximum atomic E-state index is 13.9. The summed E-state index contributed by atoms with van der Waals surface area (Å²) in [5.74, 6) is 1.60. The molecule has 0 aliphatic carbocycles. The number of hydrogen-bond donors (Lipinski definition) is 1. The van der Waals surface area contributed by atoms with Crippen molar-refractivity contribution in [3.05, 3.63) is 65.5 Å². The van der Waals surface area contributed by atoms with E-state index in [2.05, 4.69) is 56.1 Å². The Balaban J connectivity index is 1.56. The summed E-state index contributed by atoms with van der Waals surface area (Å²) < 4.78 is 15.8. The number of anilines is 1. The number of nitrogens with zero attached hydrogens (tertiary/aromatic N) is 6. The van der Waals surface area contributed by atoms with Gasteiger partial charge in [-0.25, -0.2) is 19.3 Å². The lowest BCUT2D eigenvalue weighted by atomic mass is 9.97. The highest BCUT2D eigenvalue weighted by Crippen LogP contribution is 2.29. The molecule has 7 nitrogen and oxygen atoms in total. The van der Waals surface area contributed by atoms with Crippen molar-refractivity contribution in [2.75, 3.05) is 25.9 Å². The van der Waals surface area contributed by atoms with Gasteiger partial charge in [0.25, 0.3) is 0 Å². The van der Waals surface area contributed by atoms with Gasteiger partial charge in [-0.05, 0) is 50.0 Å². The molecule has 2 N–H and O–H groups in total. The molecule has 0 saturated carbocycles. The maximum Gasteiger partial charge on any atom is 0.166 e. The number of imidazole rings is 1. The van der Waals surface area contributed by atoms with Crippen LogP contribution in [0.15, 0.2) is 42.7 Å². The fraction of sp³-hybridized carbons (Fsp3) is 0.304. The highest BCUT2D eigenvalue weighted by molar-refractivity contribution is 5.85. The van der Waals surface area contributed by atoms with Crippen molar-refractivity contribution in [3.63, 3.8) is 0 Å². The van der Waals surface area contributed by atoms with Crippen LogP contribution in [0.3, 0.4) is 0 Å². The number of pyridine rings is 1. The number of fused-ring (bicyclic) bond motifs is 1. The Morgan fingerprint density at radius 2 is 1.94 bits per heavy atom. The maximum absolute atomic E-state index is 13.9. The van der Waals surface area contributed by atoms with Gasteiger partial charge in [-0.2, -0.15) is 0 Å². The minimum atomic E-state index is -0.419. The third-order valence-corrected chi connectivity index (χ3v) is 5.88. The quantitative estimate of drug-likeness (QED) is 0.548. The van der Waals surface area contributed by atoms with Crippen LogP contribution in [0.1, 0.15) is 29.3 Å². The largest absolute Gasteiger partial charge is 0.382 e. The predicted octanol–water partition coefficient (Wildman–Crippen LogP) is 3.39. The summed E-state index contributed by atoms with van der Waals surface area (Å²) >= 11 is 0. The number of likely N-dealkylation sites (N-methyl/N-ethyl adjacent to an activating group) is 1. The molecule has 1 aromatic carbocycles. The zero-order valence-corrected chi connectivity index (χ0v) is 17.6. The first-order valence-corrected chi connectivity index (χ1v) is 10.4. The molecule has 0 spiro atoms. The van der Waals surface area contributed by atoms with Crippen LogP contribution >= 0.6 is 0 Å². The zero-order valence-electron chi connectivity index (χ0n) is 17.6. The average molecular weight is 417 g/mol. The van der Waals surface area contributed by atoms with E-state index in [-0.39, 0.29) is 0 Å². The molecule has 8 heteroatoms. The van der Waals surface area contributed by atoms with Gasteiger partial charge in [-0.3, -0.25) is 4.98 Å². The molecule has 1 atom stereocenters. The van der Waals surface area contributed by atoms with E-state index in [1.807, 2.05) is 4.57 Å². The first-order valence-electron chi connectivity index (χ1n) is 10.4. The number of aryl methyl sites for hydroxylation is 1. The van der Waals surface area contributed by atoms with E-state index in [9.17, 15) is 4.39 Å². The first-order chi connectivity index (χ1) is 15.0. The van der Waals surface area contributed by atoms with E-state index < -0.39 is 5.82 Å². The van der Waals surface area contributed by atoms with Crippen molar-refractivity contribution in [2.24, 2.45) is 0 Å². The summed E-state index contributed by atoms with van der Waals surface area (Å²) in [6.07, 6.45) is 3.96. The van der Waals surface area contributed by atoms with E-state index in [1.54, 1.807) is 13.1 Å². The fourth-order valence-corrected chi connectivity index (χ4v) is 4.32. The van der Waals surface area contributed by atoms with Gasteiger partial charge in [0.1, 0.15) is 17.5 Å². The molecule has 1 unspecified atom stereocenters. The van der Waals surface area contributed by atoms with Gasteiger partial charge in [0.05, 0.1) is 12.7 Å². The van der Waals surface area contributed by atoms with Gasteiger partial charge in [-0.15, -0.1) is 0 Å². The van der Waals surface area contributed by atoms with Crippen LogP contribution in [0.2, 0.25) is 0 Å². The van der Waals surface area contributed by atoms with Gasteiger partial charge in [0, 0.05) is 18.3 Å². The molecule has 0 bridgehead atoms. The second kappa shape index (κ2) is 7.70. The summed E-state index contributed by atoms with van der Waals surface area (Å²) in [6.45, 7) is 4.56. The monoisotopic (exact) mass is 417 g/mol. The molecule has 4 aromatic rings. The minimum Gasteiger partial charge on any atom is -0.382 e. The second-order valence-electron chi connectivity index (χ2n) is 8.23. The number of nitrogens with two attached hydrogens (primary N) is 1. The van der Waals surface area contributed by atoms with Crippen molar-refractivity contribution in [3.8, 4) is 11.4 Å². The molecule has 158 valence electrons. The Morgan fingerprint density at radius 1 is 1.13 bits per heavy atom. The molecule has 1 fully saturated rings. The normalized spacial score (nSPS) is 16.9. The van der Waals surface area contributed by atoms with E-state index in [0.717, 1.165) is 18.7 Å². The molecule has 5 rings (SSSR count). The molecule has 3 aromatic heterocycles. The number of rotatable bonds is 4. The van der Waals surface area contributed by atoms with Crippen molar-refractivity contribution >= 4 is 17.0 Å². The Kier molecular flexibility index (Phi) is 4.86. The number of hydrogen-bond acceptors (Lipinski definition) is 6. The lowest BCUT2D eigenvalue weighted by Crippen LogP contribution is -2.13. The first kappa shape index (κ1) is 19.6. The Hall–Kier alpha value is -3.39. The van der Waals surface area contributed by atoms with E-state index in [1.165, 1.54) is 24.2 Å². The Labute approximate surface area is 179 Å². The van der Waals surface area contributed by atoms with Crippen LogP contribution in [0.5, 0.6) is 0 Å². The van der Waals surface area contributed by atoms with E-state index in [0.29, 0.717) is 46.7 Å².